The number of benzene rings is 1. The van der Waals surface area contributed by atoms with Crippen molar-refractivity contribution in [3.63, 3.8) is 0 Å². The Morgan fingerprint density at radius 3 is 2.29 bits per heavy atom. The van der Waals surface area contributed by atoms with Crippen LogP contribution in [0.3, 0.4) is 0 Å². The van der Waals surface area contributed by atoms with Crippen molar-refractivity contribution in [3.8, 4) is 5.75 Å². The van der Waals surface area contributed by atoms with Gasteiger partial charge in [0.2, 0.25) is 0 Å². The van der Waals surface area contributed by atoms with Crippen molar-refractivity contribution in [2.24, 2.45) is 0 Å². The topological polar surface area (TPSA) is 21.8 Å². The number of epoxide rings is 1. The first-order chi connectivity index (χ1) is 8.35. The molecule has 1 fully saturated rings. The van der Waals surface area contributed by atoms with Gasteiger partial charge in [-0.2, -0.15) is 0 Å². The Balaban J connectivity index is 2.26. The zero-order valence-corrected chi connectivity index (χ0v) is 10.3. The monoisotopic (exact) mass is 230 g/mol. The predicted molar refractivity (Wildman–Crippen MR) is 71.1 cm³/mol. The molecule has 0 saturated carbocycles. The van der Waals surface area contributed by atoms with E-state index in [-0.39, 0.29) is 6.10 Å². The molecular formula is C15H18O2. The maximum absolute atomic E-state index is 5.87. The van der Waals surface area contributed by atoms with Crippen LogP contribution in [0.4, 0.5) is 0 Å². The third kappa shape index (κ3) is 3.21. The third-order valence-electron chi connectivity index (χ3n) is 2.58. The molecule has 0 spiro atoms. The van der Waals surface area contributed by atoms with Gasteiger partial charge in [0.05, 0.1) is 6.61 Å². The molecule has 0 N–H and O–H groups in total. The molecule has 0 bridgehead atoms. The molecule has 1 unspecified atom stereocenters. The molecule has 1 atom stereocenters. The van der Waals surface area contributed by atoms with Gasteiger partial charge in [-0.15, -0.1) is 0 Å². The highest BCUT2D eigenvalue weighted by molar-refractivity contribution is 5.67. The lowest BCUT2D eigenvalue weighted by molar-refractivity contribution is 0.262. The van der Waals surface area contributed by atoms with E-state index in [4.69, 9.17) is 9.47 Å². The molecule has 1 aromatic carbocycles. The highest BCUT2D eigenvalue weighted by Crippen LogP contribution is 2.27. The second-order valence-corrected chi connectivity index (χ2v) is 4.03. The van der Waals surface area contributed by atoms with Gasteiger partial charge in [-0.25, -0.2) is 0 Å². The number of hydrogen-bond acceptors (Lipinski definition) is 2. The molecule has 2 rings (SSSR count). The highest BCUT2D eigenvalue weighted by atomic mass is 16.6. The summed E-state index contributed by atoms with van der Waals surface area (Å²) in [6.07, 6.45) is 8.46. The van der Waals surface area contributed by atoms with Crippen molar-refractivity contribution in [2.45, 2.75) is 20.0 Å². The summed E-state index contributed by atoms with van der Waals surface area (Å²) in [6, 6.07) is 6.18. The minimum Gasteiger partial charge on any atom is -0.490 e. The molecule has 0 aromatic heterocycles. The molecule has 2 heteroatoms. The zero-order valence-electron chi connectivity index (χ0n) is 10.3. The first-order valence-electron chi connectivity index (χ1n) is 5.98. The summed E-state index contributed by atoms with van der Waals surface area (Å²) >= 11 is 0. The SMILES string of the molecule is CC=Cc1cccc(C=CC)c1OCC1CO1. The standard InChI is InChI=1S/C15H18O2/c1-3-6-12-8-5-9-13(7-4-2)15(12)17-11-14-10-16-14/h3-9,14H,10-11H2,1-2H3. The van der Waals surface area contributed by atoms with E-state index >= 15 is 0 Å². The number of rotatable bonds is 5. The predicted octanol–water partition coefficient (Wildman–Crippen LogP) is 3.53. The molecule has 1 aliphatic rings. The van der Waals surface area contributed by atoms with Crippen molar-refractivity contribution in [2.75, 3.05) is 13.2 Å². The molecule has 0 aliphatic carbocycles. The highest BCUT2D eigenvalue weighted by Gasteiger charge is 2.23. The number of ether oxygens (including phenoxy) is 2. The average Bonchev–Trinajstić information content (AvgIpc) is 3.13. The lowest BCUT2D eigenvalue weighted by atomic mass is 10.1. The molecule has 1 heterocycles. The Labute approximate surface area is 103 Å². The summed E-state index contributed by atoms with van der Waals surface area (Å²) in [5.41, 5.74) is 2.23. The first-order valence-corrected chi connectivity index (χ1v) is 5.98. The fraction of sp³-hybridized carbons (Fsp3) is 0.333. The summed E-state index contributed by atoms with van der Waals surface area (Å²) < 4.78 is 11.0. The van der Waals surface area contributed by atoms with Gasteiger partial charge in [-0.05, 0) is 13.8 Å². The lowest BCUT2D eigenvalue weighted by Gasteiger charge is -2.11. The van der Waals surface area contributed by atoms with Crippen LogP contribution < -0.4 is 4.74 Å². The van der Waals surface area contributed by atoms with Crippen LogP contribution in [0.5, 0.6) is 5.75 Å². The molecule has 0 amide bonds. The van der Waals surface area contributed by atoms with E-state index in [1.165, 1.54) is 0 Å². The number of hydrogen-bond donors (Lipinski definition) is 0. The number of allylic oxidation sites excluding steroid dienone is 2. The fourth-order valence-corrected chi connectivity index (χ4v) is 1.70. The zero-order chi connectivity index (χ0) is 12.1. The van der Waals surface area contributed by atoms with Gasteiger partial charge >= 0.3 is 0 Å². The van der Waals surface area contributed by atoms with Crippen LogP contribution >= 0.6 is 0 Å². The van der Waals surface area contributed by atoms with Crippen LogP contribution in [0, 0.1) is 0 Å². The third-order valence-corrected chi connectivity index (χ3v) is 2.58. The van der Waals surface area contributed by atoms with E-state index in [0.29, 0.717) is 6.61 Å². The van der Waals surface area contributed by atoms with Crippen molar-refractivity contribution >= 4 is 12.2 Å². The van der Waals surface area contributed by atoms with Crippen LogP contribution in [-0.4, -0.2) is 19.3 Å². The van der Waals surface area contributed by atoms with E-state index in [0.717, 1.165) is 23.5 Å². The van der Waals surface area contributed by atoms with Gasteiger partial charge in [-0.3, -0.25) is 0 Å². The summed E-state index contributed by atoms with van der Waals surface area (Å²) in [5, 5.41) is 0. The van der Waals surface area contributed by atoms with E-state index in [1.807, 2.05) is 32.1 Å². The lowest BCUT2D eigenvalue weighted by Crippen LogP contribution is -2.06. The van der Waals surface area contributed by atoms with Gasteiger partial charge in [0, 0.05) is 11.1 Å². The quantitative estimate of drug-likeness (QED) is 0.722. The molecular weight excluding hydrogens is 212 g/mol. The fourth-order valence-electron chi connectivity index (χ4n) is 1.70. The molecule has 2 nitrogen and oxygen atoms in total. The van der Waals surface area contributed by atoms with Crippen LogP contribution in [0.2, 0.25) is 0 Å². The Morgan fingerprint density at radius 1 is 1.24 bits per heavy atom. The van der Waals surface area contributed by atoms with Crippen LogP contribution in [0.25, 0.3) is 12.2 Å². The Hall–Kier alpha value is -1.54. The van der Waals surface area contributed by atoms with E-state index in [1.54, 1.807) is 0 Å². The minimum atomic E-state index is 0.284. The first kappa shape index (κ1) is 11.9. The molecule has 1 aromatic rings. The van der Waals surface area contributed by atoms with Gasteiger partial charge < -0.3 is 9.47 Å². The van der Waals surface area contributed by atoms with Crippen molar-refractivity contribution in [3.05, 3.63) is 41.5 Å². The largest absolute Gasteiger partial charge is 0.490 e. The van der Waals surface area contributed by atoms with Gasteiger partial charge in [0.15, 0.2) is 0 Å². The molecule has 1 aliphatic heterocycles. The normalized spacial score (nSPS) is 19.1. The summed E-state index contributed by atoms with van der Waals surface area (Å²) in [6.45, 7) is 5.48. The summed E-state index contributed by atoms with van der Waals surface area (Å²) in [7, 11) is 0. The van der Waals surface area contributed by atoms with Crippen molar-refractivity contribution < 1.29 is 9.47 Å². The van der Waals surface area contributed by atoms with Gasteiger partial charge in [0.25, 0.3) is 0 Å². The Morgan fingerprint density at radius 2 is 1.82 bits per heavy atom. The van der Waals surface area contributed by atoms with Gasteiger partial charge in [0.1, 0.15) is 18.5 Å². The maximum Gasteiger partial charge on any atom is 0.133 e. The molecule has 90 valence electrons. The minimum absolute atomic E-state index is 0.284. The van der Waals surface area contributed by atoms with E-state index < -0.39 is 0 Å². The number of para-hydroxylation sites is 1. The smallest absolute Gasteiger partial charge is 0.133 e. The van der Waals surface area contributed by atoms with Crippen molar-refractivity contribution in [1.82, 2.24) is 0 Å². The summed E-state index contributed by atoms with van der Waals surface area (Å²) in [4.78, 5) is 0. The maximum atomic E-state index is 5.87. The van der Waals surface area contributed by atoms with Crippen molar-refractivity contribution in [1.29, 1.82) is 0 Å². The molecule has 1 saturated heterocycles. The second-order valence-electron chi connectivity index (χ2n) is 4.03. The van der Waals surface area contributed by atoms with Crippen LogP contribution in [0.1, 0.15) is 25.0 Å². The Kier molecular flexibility index (Phi) is 3.99. The van der Waals surface area contributed by atoms with E-state index in [9.17, 15) is 0 Å². The van der Waals surface area contributed by atoms with Crippen LogP contribution in [-0.2, 0) is 4.74 Å². The van der Waals surface area contributed by atoms with E-state index in [2.05, 4.69) is 24.3 Å². The average molecular weight is 230 g/mol. The molecule has 17 heavy (non-hydrogen) atoms. The molecule has 0 radical (unpaired) electrons. The Bertz CT molecular complexity index is 398. The van der Waals surface area contributed by atoms with Gasteiger partial charge in [-0.1, -0.05) is 42.5 Å². The van der Waals surface area contributed by atoms with Crippen LogP contribution in [0.15, 0.2) is 30.4 Å². The second kappa shape index (κ2) is 5.69. The summed E-state index contributed by atoms with van der Waals surface area (Å²) in [5.74, 6) is 0.944.